The molecule has 1 amide bonds. The third kappa shape index (κ3) is 4.15. The van der Waals surface area contributed by atoms with Gasteiger partial charge in [-0.15, -0.1) is 0 Å². The Morgan fingerprint density at radius 2 is 1.92 bits per heavy atom. The van der Waals surface area contributed by atoms with Crippen molar-refractivity contribution in [1.82, 2.24) is 4.90 Å². The van der Waals surface area contributed by atoms with Crippen molar-refractivity contribution in [2.24, 2.45) is 0 Å². The van der Waals surface area contributed by atoms with E-state index in [0.29, 0.717) is 41.1 Å². The predicted molar refractivity (Wildman–Crippen MR) is 136 cm³/mol. The lowest BCUT2D eigenvalue weighted by Gasteiger charge is -2.30. The van der Waals surface area contributed by atoms with Gasteiger partial charge in [-0.1, -0.05) is 31.0 Å². The SMILES string of the molecule is CCCCOc1ccc(C2c3c(oc4ccc(C)cc4c3=O)C(=O)N2C2CCS(=O)(=O)C2)cc1OC. The summed E-state index contributed by atoms with van der Waals surface area (Å²) in [7, 11) is -1.75. The topological polar surface area (TPSA) is 103 Å². The Morgan fingerprint density at radius 1 is 1.11 bits per heavy atom. The number of sulfone groups is 1. The van der Waals surface area contributed by atoms with Crippen molar-refractivity contribution in [1.29, 1.82) is 0 Å². The van der Waals surface area contributed by atoms with Gasteiger partial charge in [0.05, 0.1) is 42.2 Å². The number of nitrogens with zero attached hydrogens (tertiary/aromatic N) is 1. The first-order chi connectivity index (χ1) is 17.2. The van der Waals surface area contributed by atoms with Gasteiger partial charge in [0.25, 0.3) is 5.91 Å². The molecule has 5 rings (SSSR count). The molecule has 0 N–H and O–H groups in total. The van der Waals surface area contributed by atoms with Crippen LogP contribution < -0.4 is 14.9 Å². The Balaban J connectivity index is 1.68. The number of hydrogen-bond acceptors (Lipinski definition) is 7. The molecule has 1 aromatic heterocycles. The molecule has 2 atom stereocenters. The Labute approximate surface area is 209 Å². The van der Waals surface area contributed by atoms with E-state index in [1.165, 1.54) is 12.0 Å². The maximum atomic E-state index is 13.8. The number of carbonyl (C=O) groups excluding carboxylic acids is 1. The molecule has 0 aliphatic carbocycles. The molecule has 1 saturated heterocycles. The highest BCUT2D eigenvalue weighted by Gasteiger charge is 2.48. The molecule has 0 spiro atoms. The summed E-state index contributed by atoms with van der Waals surface area (Å²) in [6.45, 7) is 4.50. The lowest BCUT2D eigenvalue weighted by atomic mass is 9.97. The molecule has 3 heterocycles. The lowest BCUT2D eigenvalue weighted by molar-refractivity contribution is 0.0662. The van der Waals surface area contributed by atoms with Crippen molar-refractivity contribution >= 4 is 26.7 Å². The van der Waals surface area contributed by atoms with Crippen LogP contribution in [0.15, 0.2) is 45.6 Å². The fourth-order valence-electron chi connectivity index (χ4n) is 5.10. The summed E-state index contributed by atoms with van der Waals surface area (Å²) >= 11 is 0. The number of benzene rings is 2. The van der Waals surface area contributed by atoms with E-state index in [1.807, 2.05) is 13.0 Å². The van der Waals surface area contributed by atoms with Crippen molar-refractivity contribution in [2.45, 2.75) is 45.2 Å². The molecule has 2 aliphatic rings. The Morgan fingerprint density at radius 3 is 2.61 bits per heavy atom. The third-order valence-corrected chi connectivity index (χ3v) is 8.67. The second kappa shape index (κ2) is 9.28. The van der Waals surface area contributed by atoms with Crippen molar-refractivity contribution in [3.63, 3.8) is 0 Å². The average molecular weight is 512 g/mol. The summed E-state index contributed by atoms with van der Waals surface area (Å²) in [6, 6.07) is 9.20. The standard InChI is InChI=1S/C27H29NO7S/c1-4-5-11-34-21-9-7-17(14-22(21)33-3)24-23-25(29)19-13-16(2)6-8-20(19)35-26(23)27(30)28(24)18-10-12-36(31,32)15-18/h6-9,13-14,18,24H,4-5,10-12,15H2,1-3H3. The van der Waals surface area contributed by atoms with Gasteiger partial charge in [-0.2, -0.15) is 0 Å². The molecule has 9 heteroatoms. The number of ether oxygens (including phenoxy) is 2. The molecule has 0 radical (unpaired) electrons. The number of amides is 1. The Kier molecular flexibility index (Phi) is 6.28. The quantitative estimate of drug-likeness (QED) is 0.442. The summed E-state index contributed by atoms with van der Waals surface area (Å²) in [5.41, 5.74) is 1.78. The van der Waals surface area contributed by atoms with Crippen LogP contribution in [-0.4, -0.2) is 50.5 Å². The normalized spacial score (nSPS) is 20.6. The molecule has 2 aromatic carbocycles. The third-order valence-electron chi connectivity index (χ3n) is 6.92. The number of rotatable bonds is 7. The van der Waals surface area contributed by atoms with Crippen LogP contribution in [0.5, 0.6) is 11.5 Å². The molecule has 8 nitrogen and oxygen atoms in total. The van der Waals surface area contributed by atoms with E-state index in [1.54, 1.807) is 30.3 Å². The van der Waals surface area contributed by atoms with E-state index < -0.39 is 27.8 Å². The molecule has 3 aromatic rings. The van der Waals surface area contributed by atoms with Gasteiger partial charge in [-0.3, -0.25) is 9.59 Å². The zero-order chi connectivity index (χ0) is 25.6. The number of aryl methyl sites for hydroxylation is 1. The van der Waals surface area contributed by atoms with Crippen LogP contribution >= 0.6 is 0 Å². The molecule has 0 bridgehead atoms. The van der Waals surface area contributed by atoms with Gasteiger partial charge in [-0.05, 0) is 49.6 Å². The summed E-state index contributed by atoms with van der Waals surface area (Å²) in [5, 5.41) is 0.388. The molecule has 190 valence electrons. The number of hydrogen-bond donors (Lipinski definition) is 0. The van der Waals surface area contributed by atoms with Crippen LogP contribution in [0.1, 0.15) is 59.5 Å². The smallest absolute Gasteiger partial charge is 0.291 e. The van der Waals surface area contributed by atoms with Gasteiger partial charge in [0.15, 0.2) is 26.8 Å². The lowest BCUT2D eigenvalue weighted by Crippen LogP contribution is -2.40. The van der Waals surface area contributed by atoms with Crippen LogP contribution in [0.2, 0.25) is 0 Å². The molecular weight excluding hydrogens is 482 g/mol. The van der Waals surface area contributed by atoms with E-state index in [4.69, 9.17) is 13.9 Å². The van der Waals surface area contributed by atoms with Crippen molar-refractivity contribution in [2.75, 3.05) is 25.2 Å². The highest BCUT2D eigenvalue weighted by Crippen LogP contribution is 2.43. The number of carbonyl (C=O) groups is 1. The number of fused-ring (bicyclic) bond motifs is 2. The second-order valence-corrected chi connectivity index (χ2v) is 11.7. The van der Waals surface area contributed by atoms with Gasteiger partial charge in [0.1, 0.15) is 5.58 Å². The van der Waals surface area contributed by atoms with Crippen LogP contribution in [0.4, 0.5) is 0 Å². The minimum atomic E-state index is -3.28. The highest BCUT2D eigenvalue weighted by atomic mass is 32.2. The molecule has 36 heavy (non-hydrogen) atoms. The minimum Gasteiger partial charge on any atom is -0.493 e. The van der Waals surface area contributed by atoms with Gasteiger partial charge in [-0.25, -0.2) is 8.42 Å². The van der Waals surface area contributed by atoms with Gasteiger partial charge < -0.3 is 18.8 Å². The van der Waals surface area contributed by atoms with E-state index >= 15 is 0 Å². The molecule has 2 aliphatic heterocycles. The minimum absolute atomic E-state index is 0.000580. The first-order valence-electron chi connectivity index (χ1n) is 12.1. The van der Waals surface area contributed by atoms with E-state index in [2.05, 4.69) is 6.92 Å². The predicted octanol–water partition coefficient (Wildman–Crippen LogP) is 4.02. The summed E-state index contributed by atoms with van der Waals surface area (Å²) in [4.78, 5) is 29.0. The zero-order valence-corrected chi connectivity index (χ0v) is 21.4. The molecule has 1 fully saturated rings. The fraction of sp³-hybridized carbons (Fsp3) is 0.407. The molecular formula is C27H29NO7S. The Hall–Kier alpha value is -3.33. The van der Waals surface area contributed by atoms with Gasteiger partial charge in [0.2, 0.25) is 5.76 Å². The van der Waals surface area contributed by atoms with Crippen LogP contribution in [0.25, 0.3) is 11.0 Å². The van der Waals surface area contributed by atoms with E-state index in [0.717, 1.165) is 18.4 Å². The van der Waals surface area contributed by atoms with Gasteiger partial charge >= 0.3 is 0 Å². The van der Waals surface area contributed by atoms with Crippen molar-refractivity contribution < 1.29 is 27.1 Å². The van der Waals surface area contributed by atoms with E-state index in [9.17, 15) is 18.0 Å². The maximum absolute atomic E-state index is 13.8. The van der Waals surface area contributed by atoms with Crippen molar-refractivity contribution in [3.8, 4) is 11.5 Å². The molecule has 0 saturated carbocycles. The summed E-state index contributed by atoms with van der Waals surface area (Å²) < 4.78 is 42.1. The van der Waals surface area contributed by atoms with E-state index in [-0.39, 0.29) is 28.3 Å². The largest absolute Gasteiger partial charge is 0.493 e. The van der Waals surface area contributed by atoms with Crippen LogP contribution in [0, 0.1) is 6.92 Å². The number of unbranched alkanes of at least 4 members (excludes halogenated alkanes) is 1. The number of methoxy groups -OCH3 is 1. The fourth-order valence-corrected chi connectivity index (χ4v) is 6.81. The Bertz CT molecular complexity index is 1510. The first kappa shape index (κ1) is 24.4. The van der Waals surface area contributed by atoms with Crippen LogP contribution in [-0.2, 0) is 9.84 Å². The molecule has 2 unspecified atom stereocenters. The average Bonchev–Trinajstić information content (AvgIpc) is 3.36. The van der Waals surface area contributed by atoms with Crippen LogP contribution in [0.3, 0.4) is 0 Å². The maximum Gasteiger partial charge on any atom is 0.291 e. The van der Waals surface area contributed by atoms with Crippen molar-refractivity contribution in [3.05, 3.63) is 69.1 Å². The monoisotopic (exact) mass is 511 g/mol. The first-order valence-corrected chi connectivity index (χ1v) is 14.0. The van der Waals surface area contributed by atoms with Gasteiger partial charge in [0, 0.05) is 6.04 Å². The highest BCUT2D eigenvalue weighted by molar-refractivity contribution is 7.91. The zero-order valence-electron chi connectivity index (χ0n) is 20.6. The summed E-state index contributed by atoms with van der Waals surface area (Å²) in [6.07, 6.45) is 2.19. The second-order valence-electron chi connectivity index (χ2n) is 9.46. The summed E-state index contributed by atoms with van der Waals surface area (Å²) in [5.74, 6) is 0.387.